The molecule has 0 spiro atoms. The molecule has 1 saturated heterocycles. The lowest BCUT2D eigenvalue weighted by Gasteiger charge is -2.18. The molecule has 0 aromatic heterocycles. The van der Waals surface area contributed by atoms with Crippen molar-refractivity contribution in [1.82, 2.24) is 5.32 Å². The minimum Gasteiger partial charge on any atom is -0.391 e. The highest BCUT2D eigenvalue weighted by molar-refractivity contribution is 4.70. The van der Waals surface area contributed by atoms with Gasteiger partial charge in [-0.25, -0.2) is 0 Å². The second-order valence-electron chi connectivity index (χ2n) is 4.52. The lowest BCUT2D eigenvalue weighted by atomic mass is 9.97. The molecule has 1 aliphatic rings. The molecule has 2 N–H and O–H groups in total. The van der Waals surface area contributed by atoms with Crippen molar-refractivity contribution in [2.24, 2.45) is 5.92 Å². The van der Waals surface area contributed by atoms with Crippen LogP contribution in [0.15, 0.2) is 0 Å². The number of rotatable bonds is 7. The maximum Gasteiger partial charge on any atom is 0.0776 e. The molecule has 1 rings (SSSR count). The van der Waals surface area contributed by atoms with Gasteiger partial charge in [-0.05, 0) is 38.3 Å². The number of hydrogen-bond acceptors (Lipinski definition) is 4. The molecule has 1 heterocycles. The zero-order valence-corrected chi connectivity index (χ0v) is 10.3. The summed E-state index contributed by atoms with van der Waals surface area (Å²) in [7, 11) is 1.65. The summed E-state index contributed by atoms with van der Waals surface area (Å²) >= 11 is 0. The van der Waals surface area contributed by atoms with Crippen LogP contribution in [-0.4, -0.2) is 51.2 Å². The summed E-state index contributed by atoms with van der Waals surface area (Å²) in [5.74, 6) is 0.600. The van der Waals surface area contributed by atoms with Crippen LogP contribution >= 0.6 is 0 Å². The van der Waals surface area contributed by atoms with E-state index < -0.39 is 0 Å². The van der Waals surface area contributed by atoms with Gasteiger partial charge in [0.25, 0.3) is 0 Å². The largest absolute Gasteiger partial charge is 0.391 e. The average molecular weight is 231 g/mol. The van der Waals surface area contributed by atoms with Crippen LogP contribution in [0.25, 0.3) is 0 Å². The Morgan fingerprint density at radius 1 is 1.38 bits per heavy atom. The van der Waals surface area contributed by atoms with Gasteiger partial charge in [0.05, 0.1) is 25.9 Å². The maximum atomic E-state index is 9.80. The van der Waals surface area contributed by atoms with Crippen LogP contribution in [0, 0.1) is 5.92 Å². The molecule has 0 aromatic carbocycles. The van der Waals surface area contributed by atoms with Gasteiger partial charge in [0.15, 0.2) is 0 Å². The van der Waals surface area contributed by atoms with E-state index in [4.69, 9.17) is 9.47 Å². The Balaban J connectivity index is 2.04. The Kier molecular flexibility index (Phi) is 7.76. The number of aliphatic hydroxyl groups is 1. The van der Waals surface area contributed by atoms with Crippen molar-refractivity contribution in [3.05, 3.63) is 0 Å². The van der Waals surface area contributed by atoms with E-state index in [1.165, 1.54) is 19.3 Å². The number of methoxy groups -OCH3 is 1. The molecule has 96 valence electrons. The Morgan fingerprint density at radius 3 is 3.06 bits per heavy atom. The quantitative estimate of drug-likeness (QED) is 0.636. The summed E-state index contributed by atoms with van der Waals surface area (Å²) in [5.41, 5.74) is 0. The van der Waals surface area contributed by atoms with Crippen molar-refractivity contribution >= 4 is 0 Å². The van der Waals surface area contributed by atoms with Gasteiger partial charge in [-0.1, -0.05) is 6.42 Å². The molecule has 4 heteroatoms. The molecule has 0 saturated carbocycles. The van der Waals surface area contributed by atoms with E-state index in [9.17, 15) is 5.11 Å². The lowest BCUT2D eigenvalue weighted by molar-refractivity contribution is 0.00416. The van der Waals surface area contributed by atoms with Gasteiger partial charge in [0.2, 0.25) is 0 Å². The van der Waals surface area contributed by atoms with Crippen LogP contribution in [0.3, 0.4) is 0 Å². The van der Waals surface area contributed by atoms with E-state index in [1.54, 1.807) is 7.11 Å². The van der Waals surface area contributed by atoms with Crippen LogP contribution in [0.5, 0.6) is 0 Å². The topological polar surface area (TPSA) is 50.7 Å². The minimum absolute atomic E-state index is 0.332. The summed E-state index contributed by atoms with van der Waals surface area (Å²) in [4.78, 5) is 0. The number of ether oxygens (including phenoxy) is 2. The molecule has 2 atom stereocenters. The molecule has 16 heavy (non-hydrogen) atoms. The van der Waals surface area contributed by atoms with Gasteiger partial charge in [-0.3, -0.25) is 0 Å². The van der Waals surface area contributed by atoms with Gasteiger partial charge < -0.3 is 19.9 Å². The van der Waals surface area contributed by atoms with E-state index in [0.29, 0.717) is 25.7 Å². The predicted octanol–water partition coefficient (Wildman–Crippen LogP) is 0.790. The zero-order chi connectivity index (χ0) is 11.6. The first-order valence-corrected chi connectivity index (χ1v) is 6.28. The molecular weight excluding hydrogens is 206 g/mol. The normalized spacial score (nSPS) is 24.0. The maximum absolute atomic E-state index is 9.80. The summed E-state index contributed by atoms with van der Waals surface area (Å²) in [6, 6.07) is 0. The molecule has 0 amide bonds. The fourth-order valence-corrected chi connectivity index (χ4v) is 2.11. The lowest BCUT2D eigenvalue weighted by Crippen LogP contribution is -2.26. The third-order valence-corrected chi connectivity index (χ3v) is 3.00. The average Bonchev–Trinajstić information content (AvgIpc) is 2.53. The molecular formula is C12H25NO3. The van der Waals surface area contributed by atoms with Crippen LogP contribution in [-0.2, 0) is 9.47 Å². The van der Waals surface area contributed by atoms with Gasteiger partial charge in [-0.15, -0.1) is 0 Å². The molecule has 1 aliphatic heterocycles. The molecule has 0 aromatic rings. The molecule has 0 bridgehead atoms. The van der Waals surface area contributed by atoms with Crippen molar-refractivity contribution in [3.8, 4) is 0 Å². The molecule has 1 fully saturated rings. The van der Waals surface area contributed by atoms with Crippen molar-refractivity contribution in [2.75, 3.05) is 40.0 Å². The molecule has 4 nitrogen and oxygen atoms in total. The van der Waals surface area contributed by atoms with Crippen LogP contribution in [0.2, 0.25) is 0 Å². The fourth-order valence-electron chi connectivity index (χ4n) is 2.11. The second-order valence-corrected chi connectivity index (χ2v) is 4.52. The summed E-state index contributed by atoms with van der Waals surface area (Å²) in [6.07, 6.45) is 4.27. The Bertz CT molecular complexity index is 158. The van der Waals surface area contributed by atoms with Gasteiger partial charge in [0.1, 0.15) is 0 Å². The van der Waals surface area contributed by atoms with Crippen molar-refractivity contribution in [3.63, 3.8) is 0 Å². The van der Waals surface area contributed by atoms with Gasteiger partial charge in [0, 0.05) is 7.11 Å². The highest BCUT2D eigenvalue weighted by Crippen LogP contribution is 2.16. The Hall–Kier alpha value is -0.160. The highest BCUT2D eigenvalue weighted by atomic mass is 16.5. The first-order chi connectivity index (χ1) is 7.83. The van der Waals surface area contributed by atoms with E-state index in [2.05, 4.69) is 5.32 Å². The highest BCUT2D eigenvalue weighted by Gasteiger charge is 2.16. The van der Waals surface area contributed by atoms with Crippen molar-refractivity contribution in [1.29, 1.82) is 0 Å². The molecule has 0 radical (unpaired) electrons. The summed E-state index contributed by atoms with van der Waals surface area (Å²) in [6.45, 7) is 3.75. The van der Waals surface area contributed by atoms with Crippen molar-refractivity contribution in [2.45, 2.75) is 31.8 Å². The third kappa shape index (κ3) is 6.43. The van der Waals surface area contributed by atoms with E-state index >= 15 is 0 Å². The van der Waals surface area contributed by atoms with E-state index in [-0.39, 0.29) is 6.10 Å². The molecule has 2 unspecified atom stereocenters. The number of hydrogen-bond donors (Lipinski definition) is 2. The van der Waals surface area contributed by atoms with Crippen LogP contribution in [0.4, 0.5) is 0 Å². The minimum atomic E-state index is -0.332. The SMILES string of the molecule is COCCOCC(O)CC1CCCCNC1. The van der Waals surface area contributed by atoms with E-state index in [1.807, 2.05) is 0 Å². The van der Waals surface area contributed by atoms with Crippen LogP contribution in [0.1, 0.15) is 25.7 Å². The number of aliphatic hydroxyl groups excluding tert-OH is 1. The van der Waals surface area contributed by atoms with Crippen LogP contribution < -0.4 is 5.32 Å². The smallest absolute Gasteiger partial charge is 0.0776 e. The Labute approximate surface area is 98.3 Å². The predicted molar refractivity (Wildman–Crippen MR) is 63.5 cm³/mol. The first kappa shape index (κ1) is 13.9. The zero-order valence-electron chi connectivity index (χ0n) is 10.3. The van der Waals surface area contributed by atoms with Gasteiger partial charge >= 0.3 is 0 Å². The molecule has 0 aliphatic carbocycles. The third-order valence-electron chi connectivity index (χ3n) is 3.00. The summed E-state index contributed by atoms with van der Waals surface area (Å²) in [5, 5.41) is 13.2. The standard InChI is InChI=1S/C12H25NO3/c1-15-6-7-16-10-12(14)8-11-4-2-3-5-13-9-11/h11-14H,2-10H2,1H3. The van der Waals surface area contributed by atoms with Gasteiger partial charge in [-0.2, -0.15) is 0 Å². The van der Waals surface area contributed by atoms with E-state index in [0.717, 1.165) is 19.5 Å². The monoisotopic (exact) mass is 231 g/mol. The van der Waals surface area contributed by atoms with Crippen molar-refractivity contribution < 1.29 is 14.6 Å². The number of nitrogens with one attached hydrogen (secondary N) is 1. The summed E-state index contributed by atoms with van der Waals surface area (Å²) < 4.78 is 10.2. The Morgan fingerprint density at radius 2 is 2.25 bits per heavy atom. The first-order valence-electron chi connectivity index (χ1n) is 6.28. The fraction of sp³-hybridized carbons (Fsp3) is 1.00. The second kappa shape index (κ2) is 8.93.